The van der Waals surface area contributed by atoms with Gasteiger partial charge in [-0.2, -0.15) is 0 Å². The largest absolute Gasteiger partial charge is 0.453 e. The Kier molecular flexibility index (Phi) is 5.21. The summed E-state index contributed by atoms with van der Waals surface area (Å²) in [5.41, 5.74) is -0.743. The zero-order chi connectivity index (χ0) is 17.9. The van der Waals surface area contributed by atoms with Crippen molar-refractivity contribution in [2.24, 2.45) is 0 Å². The number of carbonyl (C=O) groups excluding carboxylic acids is 1. The van der Waals surface area contributed by atoms with Crippen molar-refractivity contribution in [3.63, 3.8) is 0 Å². The SMILES string of the molecule is C[NH+](C)[C@@H]1CCC[C@H]1OC(=O)C(O)(c1ccccc1)c1ccccc1. The summed E-state index contributed by atoms with van der Waals surface area (Å²) in [6, 6.07) is 18.3. The van der Waals surface area contributed by atoms with Crippen molar-refractivity contribution < 1.29 is 19.5 Å². The quantitative estimate of drug-likeness (QED) is 0.812. The summed E-state index contributed by atoms with van der Waals surface area (Å²) >= 11 is 0. The van der Waals surface area contributed by atoms with Gasteiger partial charge in [0.25, 0.3) is 0 Å². The standard InChI is InChI=1S/C21H25NO3/c1-22(2)18-14-9-15-19(18)25-20(23)21(24,16-10-5-3-6-11-16)17-12-7-4-8-13-17/h3-8,10-13,18-19,24H,9,14-15H2,1-2H3/p+1/t18-,19-/m1/s1. The number of aliphatic hydroxyl groups is 1. The van der Waals surface area contributed by atoms with E-state index in [0.717, 1.165) is 19.3 Å². The molecule has 4 heteroatoms. The summed E-state index contributed by atoms with van der Waals surface area (Å²) in [6.07, 6.45) is 2.77. The number of hydrogen-bond donors (Lipinski definition) is 2. The van der Waals surface area contributed by atoms with E-state index in [-0.39, 0.29) is 12.1 Å². The maximum absolute atomic E-state index is 13.1. The summed E-state index contributed by atoms with van der Waals surface area (Å²) in [5.74, 6) is -0.594. The zero-order valence-electron chi connectivity index (χ0n) is 14.8. The molecule has 0 radical (unpaired) electrons. The van der Waals surface area contributed by atoms with Gasteiger partial charge in [0.2, 0.25) is 5.60 Å². The van der Waals surface area contributed by atoms with Gasteiger partial charge < -0.3 is 14.7 Å². The molecule has 0 bridgehead atoms. The maximum atomic E-state index is 13.1. The Morgan fingerprint density at radius 1 is 1.00 bits per heavy atom. The highest BCUT2D eigenvalue weighted by Gasteiger charge is 2.45. The predicted molar refractivity (Wildman–Crippen MR) is 96.2 cm³/mol. The number of quaternary nitrogens is 1. The summed E-state index contributed by atoms with van der Waals surface area (Å²) in [6.45, 7) is 0. The van der Waals surface area contributed by atoms with Crippen LogP contribution in [0, 0.1) is 0 Å². The van der Waals surface area contributed by atoms with E-state index in [0.29, 0.717) is 11.1 Å². The van der Waals surface area contributed by atoms with Gasteiger partial charge in [0.1, 0.15) is 6.04 Å². The fourth-order valence-corrected chi connectivity index (χ4v) is 3.71. The molecule has 0 amide bonds. The Labute approximate surface area is 149 Å². The molecule has 0 aromatic heterocycles. The molecule has 1 aliphatic carbocycles. The first-order chi connectivity index (χ1) is 12.0. The minimum Gasteiger partial charge on any atom is -0.453 e. The molecule has 2 aromatic rings. The molecule has 2 aromatic carbocycles. The van der Waals surface area contributed by atoms with Crippen molar-refractivity contribution in [3.8, 4) is 0 Å². The van der Waals surface area contributed by atoms with Gasteiger partial charge in [-0.25, -0.2) is 4.79 Å². The van der Waals surface area contributed by atoms with E-state index in [2.05, 4.69) is 14.1 Å². The second-order valence-corrected chi connectivity index (χ2v) is 7.00. The molecule has 1 saturated carbocycles. The van der Waals surface area contributed by atoms with Crippen LogP contribution in [-0.2, 0) is 15.1 Å². The Hall–Kier alpha value is -2.17. The molecule has 25 heavy (non-hydrogen) atoms. The fourth-order valence-electron chi connectivity index (χ4n) is 3.71. The van der Waals surface area contributed by atoms with Gasteiger partial charge in [-0.1, -0.05) is 60.7 Å². The van der Waals surface area contributed by atoms with Gasteiger partial charge in [0.15, 0.2) is 6.10 Å². The molecule has 0 aliphatic heterocycles. The van der Waals surface area contributed by atoms with Crippen LogP contribution in [0.4, 0.5) is 0 Å². The van der Waals surface area contributed by atoms with E-state index in [4.69, 9.17) is 4.74 Å². The van der Waals surface area contributed by atoms with Crippen molar-refractivity contribution >= 4 is 5.97 Å². The second kappa shape index (κ2) is 7.38. The number of benzene rings is 2. The lowest BCUT2D eigenvalue weighted by Crippen LogP contribution is -3.11. The molecule has 4 nitrogen and oxygen atoms in total. The lowest BCUT2D eigenvalue weighted by atomic mass is 9.86. The van der Waals surface area contributed by atoms with Crippen molar-refractivity contribution in [2.75, 3.05) is 14.1 Å². The summed E-state index contributed by atoms with van der Waals surface area (Å²) in [4.78, 5) is 14.4. The van der Waals surface area contributed by atoms with Gasteiger partial charge in [-0.05, 0) is 24.0 Å². The predicted octanol–water partition coefficient (Wildman–Crippen LogP) is 1.53. The number of ether oxygens (including phenoxy) is 1. The maximum Gasteiger partial charge on any atom is 0.348 e. The zero-order valence-corrected chi connectivity index (χ0v) is 14.8. The van der Waals surface area contributed by atoms with Crippen LogP contribution in [0.25, 0.3) is 0 Å². The van der Waals surface area contributed by atoms with Crippen LogP contribution in [0.5, 0.6) is 0 Å². The van der Waals surface area contributed by atoms with E-state index in [1.165, 1.54) is 4.90 Å². The summed E-state index contributed by atoms with van der Waals surface area (Å²) < 4.78 is 5.85. The van der Waals surface area contributed by atoms with Crippen LogP contribution in [0.1, 0.15) is 30.4 Å². The topological polar surface area (TPSA) is 51.0 Å². The van der Waals surface area contributed by atoms with E-state index in [1.54, 1.807) is 24.3 Å². The van der Waals surface area contributed by atoms with Gasteiger partial charge in [-0.15, -0.1) is 0 Å². The molecule has 0 heterocycles. The number of carbonyl (C=O) groups is 1. The highest BCUT2D eigenvalue weighted by Crippen LogP contribution is 2.33. The molecule has 2 atom stereocenters. The third kappa shape index (κ3) is 3.46. The van der Waals surface area contributed by atoms with E-state index in [9.17, 15) is 9.90 Å². The smallest absolute Gasteiger partial charge is 0.348 e. The van der Waals surface area contributed by atoms with Gasteiger partial charge in [0.05, 0.1) is 14.1 Å². The Balaban J connectivity index is 1.94. The highest BCUT2D eigenvalue weighted by atomic mass is 16.6. The molecule has 3 rings (SSSR count). The molecule has 1 fully saturated rings. The first-order valence-corrected chi connectivity index (χ1v) is 8.88. The van der Waals surface area contributed by atoms with Crippen molar-refractivity contribution in [2.45, 2.75) is 37.0 Å². The molecule has 0 spiro atoms. The number of rotatable bonds is 5. The normalized spacial score (nSPS) is 20.6. The van der Waals surface area contributed by atoms with Crippen LogP contribution in [-0.4, -0.2) is 37.3 Å². The third-order valence-electron chi connectivity index (χ3n) is 5.13. The molecule has 2 N–H and O–H groups in total. The van der Waals surface area contributed by atoms with Crippen LogP contribution in [0.15, 0.2) is 60.7 Å². The van der Waals surface area contributed by atoms with Crippen LogP contribution in [0.2, 0.25) is 0 Å². The third-order valence-corrected chi connectivity index (χ3v) is 5.13. The fraction of sp³-hybridized carbons (Fsp3) is 0.381. The first-order valence-electron chi connectivity index (χ1n) is 8.88. The van der Waals surface area contributed by atoms with E-state index in [1.807, 2.05) is 36.4 Å². The van der Waals surface area contributed by atoms with Gasteiger partial charge in [-0.3, -0.25) is 0 Å². The van der Waals surface area contributed by atoms with Crippen molar-refractivity contribution in [1.29, 1.82) is 0 Å². The minimum atomic E-state index is -1.79. The van der Waals surface area contributed by atoms with Gasteiger partial charge >= 0.3 is 5.97 Å². The lowest BCUT2D eigenvalue weighted by Gasteiger charge is -2.30. The molecule has 0 saturated heterocycles. The van der Waals surface area contributed by atoms with E-state index >= 15 is 0 Å². The average Bonchev–Trinajstić information content (AvgIpc) is 3.11. The Morgan fingerprint density at radius 2 is 1.52 bits per heavy atom. The monoisotopic (exact) mass is 340 g/mol. The molecular weight excluding hydrogens is 314 g/mol. The molecule has 0 unspecified atom stereocenters. The first kappa shape index (κ1) is 17.6. The van der Waals surface area contributed by atoms with Gasteiger partial charge in [0, 0.05) is 6.42 Å². The summed E-state index contributed by atoms with van der Waals surface area (Å²) in [7, 11) is 4.16. The molecule has 1 aliphatic rings. The lowest BCUT2D eigenvalue weighted by molar-refractivity contribution is -0.888. The number of esters is 1. The number of nitrogens with one attached hydrogen (secondary N) is 1. The van der Waals surface area contributed by atoms with Crippen molar-refractivity contribution in [1.82, 2.24) is 0 Å². The highest BCUT2D eigenvalue weighted by molar-refractivity contribution is 5.85. The van der Waals surface area contributed by atoms with Crippen molar-refractivity contribution in [3.05, 3.63) is 71.8 Å². The second-order valence-electron chi connectivity index (χ2n) is 7.00. The molecular formula is C21H26NO3+. The Bertz CT molecular complexity index is 660. The Morgan fingerprint density at radius 3 is 2.00 bits per heavy atom. The van der Waals surface area contributed by atoms with Crippen LogP contribution < -0.4 is 4.90 Å². The van der Waals surface area contributed by atoms with Crippen LogP contribution in [0.3, 0.4) is 0 Å². The van der Waals surface area contributed by atoms with E-state index < -0.39 is 11.6 Å². The average molecular weight is 340 g/mol. The summed E-state index contributed by atoms with van der Waals surface area (Å²) in [5, 5.41) is 11.4. The van der Waals surface area contributed by atoms with Crippen LogP contribution >= 0.6 is 0 Å². The number of hydrogen-bond acceptors (Lipinski definition) is 3. The molecule has 132 valence electrons. The number of likely N-dealkylation sites (N-methyl/N-ethyl adjacent to an activating group) is 1. The minimum absolute atomic E-state index is 0.156.